The number of allylic oxidation sites excluding steroid dienone is 1. The summed E-state index contributed by atoms with van der Waals surface area (Å²) in [5, 5.41) is 9.34. The van der Waals surface area contributed by atoms with Crippen molar-refractivity contribution >= 4 is 61.1 Å². The van der Waals surface area contributed by atoms with Gasteiger partial charge in [0, 0.05) is 65.2 Å². The number of likely N-dealkylation sites (N-methyl/N-ethyl adjacent to an activating group) is 1. The molecule has 10 rings (SSSR count). The molecule has 0 saturated heterocycles. The maximum absolute atomic E-state index is 14.6. The number of carbonyl (C=O) groups is 3. The first-order valence-electron chi connectivity index (χ1n) is 24.6. The minimum Gasteiger partial charge on any atom is -0.455 e. The summed E-state index contributed by atoms with van der Waals surface area (Å²) in [4.78, 5) is 57.6. The number of carbonyl (C=O) groups excluding carboxylic acids is 3. The molecule has 4 heterocycles. The van der Waals surface area contributed by atoms with Gasteiger partial charge in [0.25, 0.3) is 5.91 Å². The lowest BCUT2D eigenvalue weighted by Gasteiger charge is -2.71. The SMILES string of the molecule is CCC1=C(c2ccc(-c3cnc4cccc(C(=O)Nc5nc6ccccc6s5)c4c3)nc2C(=O)OC(C)(C)C)C(C)N(C23CC4(C)CC(C)(CC(OCCN(C)C(=O)OC(C)(C)C)(C4)C2)C3)N1CC. The van der Waals surface area contributed by atoms with Gasteiger partial charge in [0.05, 0.1) is 39.7 Å². The number of para-hydroxylation sites is 1. The van der Waals surface area contributed by atoms with Crippen LogP contribution >= 0.6 is 11.3 Å². The average Bonchev–Trinajstić information content (AvgIpc) is 3.80. The van der Waals surface area contributed by atoms with Crippen molar-refractivity contribution in [1.29, 1.82) is 0 Å². The minimum absolute atomic E-state index is 0.0592. The number of hydrazine groups is 1. The number of nitrogens with zero attached hydrogens (tertiary/aromatic N) is 6. The summed E-state index contributed by atoms with van der Waals surface area (Å²) in [5.41, 5.74) is 4.58. The summed E-state index contributed by atoms with van der Waals surface area (Å²) in [6.45, 7) is 24.5. The van der Waals surface area contributed by atoms with Crippen molar-refractivity contribution in [2.75, 3.05) is 32.1 Å². The molecule has 2 aromatic carbocycles. The quantitative estimate of drug-likeness (QED) is 0.120. The Morgan fingerprint density at radius 3 is 2.22 bits per heavy atom. The maximum Gasteiger partial charge on any atom is 0.410 e. The monoisotopic (exact) mass is 956 g/mol. The van der Waals surface area contributed by atoms with E-state index in [-0.39, 0.29) is 45.7 Å². The van der Waals surface area contributed by atoms with E-state index in [2.05, 4.69) is 54.9 Å². The second-order valence-corrected chi connectivity index (χ2v) is 24.0. The van der Waals surface area contributed by atoms with Gasteiger partial charge < -0.3 is 24.1 Å². The van der Waals surface area contributed by atoms with E-state index in [1.807, 2.05) is 96.1 Å². The van der Waals surface area contributed by atoms with Crippen molar-refractivity contribution in [3.05, 3.63) is 89.4 Å². The summed E-state index contributed by atoms with van der Waals surface area (Å²) in [6.07, 6.45) is 8.20. The maximum atomic E-state index is 14.6. The molecule has 14 heteroatoms. The molecule has 366 valence electrons. The van der Waals surface area contributed by atoms with Gasteiger partial charge in [0.1, 0.15) is 11.2 Å². The van der Waals surface area contributed by atoms with Crippen molar-refractivity contribution in [2.45, 2.75) is 149 Å². The summed E-state index contributed by atoms with van der Waals surface area (Å²) >= 11 is 1.43. The highest BCUT2D eigenvalue weighted by atomic mass is 32.1. The first kappa shape index (κ1) is 48.6. The number of aromatic nitrogens is 3. The largest absolute Gasteiger partial charge is 0.455 e. The van der Waals surface area contributed by atoms with Gasteiger partial charge in [-0.3, -0.25) is 15.1 Å². The Kier molecular flexibility index (Phi) is 12.3. The standard InChI is InChI=1S/C55H69N7O6S/c1-13-42-44(34(3)62(61(42)14-2)54-29-52(10)28-53(11,30-54)32-55(31-52,33-54)66-25-24-60(12)49(65)68-51(7,8)9)37-22-23-39(57-45(37)47(64)67-50(4,5)6)35-26-38-36(18-17-20-40(38)56-27-35)46(63)59-48-58-41-19-15-16-21-43(41)69-48/h15-23,26-27,34H,13-14,24-25,28-33H2,1-12H3,(H,58,59,63). The Hall–Kier alpha value is -5.44. The van der Waals surface area contributed by atoms with Crippen LogP contribution in [-0.4, -0.2) is 103 Å². The van der Waals surface area contributed by atoms with Crippen LogP contribution in [0.2, 0.25) is 0 Å². The van der Waals surface area contributed by atoms with Crippen LogP contribution in [0, 0.1) is 10.8 Å². The number of nitrogens with one attached hydrogen (secondary N) is 1. The Morgan fingerprint density at radius 2 is 1.55 bits per heavy atom. The van der Waals surface area contributed by atoms with Crippen LogP contribution in [0.4, 0.5) is 9.93 Å². The first-order valence-corrected chi connectivity index (χ1v) is 25.5. The van der Waals surface area contributed by atoms with Gasteiger partial charge in [-0.1, -0.05) is 50.3 Å². The zero-order valence-corrected chi connectivity index (χ0v) is 43.4. The molecule has 3 atom stereocenters. The van der Waals surface area contributed by atoms with E-state index >= 15 is 0 Å². The Bertz CT molecular complexity index is 2830. The molecule has 5 aromatic rings. The molecule has 4 saturated carbocycles. The van der Waals surface area contributed by atoms with Crippen molar-refractivity contribution in [3.8, 4) is 11.3 Å². The minimum atomic E-state index is -0.771. The number of rotatable bonds is 12. The van der Waals surface area contributed by atoms with Gasteiger partial charge in [-0.2, -0.15) is 0 Å². The van der Waals surface area contributed by atoms with Crippen molar-refractivity contribution in [1.82, 2.24) is 29.9 Å². The van der Waals surface area contributed by atoms with Gasteiger partial charge in [0.15, 0.2) is 10.8 Å². The summed E-state index contributed by atoms with van der Waals surface area (Å²) in [5.74, 6) is -0.792. The predicted molar refractivity (Wildman–Crippen MR) is 273 cm³/mol. The highest BCUT2D eigenvalue weighted by Gasteiger charge is 2.69. The van der Waals surface area contributed by atoms with E-state index in [0.717, 1.165) is 72.8 Å². The van der Waals surface area contributed by atoms with E-state index in [0.29, 0.717) is 46.0 Å². The Morgan fingerprint density at radius 1 is 0.855 bits per heavy atom. The zero-order chi connectivity index (χ0) is 49.5. The van der Waals surface area contributed by atoms with Gasteiger partial charge in [-0.05, 0) is 154 Å². The number of thiazole rings is 1. The molecule has 1 aliphatic heterocycles. The van der Waals surface area contributed by atoms with Gasteiger partial charge in [0.2, 0.25) is 0 Å². The van der Waals surface area contributed by atoms with Crippen LogP contribution in [0.1, 0.15) is 148 Å². The normalized spacial score (nSPS) is 25.7. The number of amides is 2. The molecule has 4 aliphatic carbocycles. The van der Waals surface area contributed by atoms with Crippen molar-refractivity contribution < 1.29 is 28.6 Å². The second-order valence-electron chi connectivity index (χ2n) is 22.9. The summed E-state index contributed by atoms with van der Waals surface area (Å²) in [6, 6.07) is 19.1. The van der Waals surface area contributed by atoms with Gasteiger partial charge in [-0.25, -0.2) is 24.6 Å². The molecule has 0 spiro atoms. The first-order chi connectivity index (χ1) is 32.4. The van der Waals surface area contributed by atoms with Crippen LogP contribution in [0.15, 0.2) is 72.6 Å². The highest BCUT2D eigenvalue weighted by molar-refractivity contribution is 7.22. The lowest BCUT2D eigenvalue weighted by atomic mass is 9.41. The van der Waals surface area contributed by atoms with E-state index in [1.54, 1.807) is 24.2 Å². The molecule has 4 bridgehead atoms. The van der Waals surface area contributed by atoms with Crippen LogP contribution in [-0.2, 0) is 14.2 Å². The molecule has 13 nitrogen and oxygen atoms in total. The Balaban J connectivity index is 1.06. The third-order valence-electron chi connectivity index (χ3n) is 14.4. The summed E-state index contributed by atoms with van der Waals surface area (Å²) in [7, 11) is 1.78. The number of fused-ring (bicyclic) bond motifs is 2. The van der Waals surface area contributed by atoms with Crippen LogP contribution in [0.25, 0.3) is 38.0 Å². The number of esters is 1. The van der Waals surface area contributed by atoms with Crippen LogP contribution in [0.3, 0.4) is 0 Å². The fourth-order valence-electron chi connectivity index (χ4n) is 13.3. The number of ether oxygens (including phenoxy) is 3. The molecule has 69 heavy (non-hydrogen) atoms. The van der Waals surface area contributed by atoms with Crippen molar-refractivity contribution in [2.24, 2.45) is 10.8 Å². The smallest absolute Gasteiger partial charge is 0.410 e. The number of anilines is 1. The fourth-order valence-corrected chi connectivity index (χ4v) is 14.1. The molecule has 4 fully saturated rings. The zero-order valence-electron chi connectivity index (χ0n) is 42.5. The number of hydrogen-bond donors (Lipinski definition) is 1. The van der Waals surface area contributed by atoms with E-state index in [4.69, 9.17) is 24.2 Å². The third-order valence-corrected chi connectivity index (χ3v) is 15.4. The summed E-state index contributed by atoms with van der Waals surface area (Å²) < 4.78 is 19.9. The predicted octanol–water partition coefficient (Wildman–Crippen LogP) is 11.9. The molecule has 3 unspecified atom stereocenters. The molecule has 5 aliphatic rings. The Labute approximate surface area is 411 Å². The topological polar surface area (TPSA) is 139 Å². The molecule has 1 N–H and O–H groups in total. The van der Waals surface area contributed by atoms with E-state index < -0.39 is 17.2 Å². The van der Waals surface area contributed by atoms with E-state index in [1.165, 1.54) is 17.0 Å². The van der Waals surface area contributed by atoms with Crippen molar-refractivity contribution in [3.63, 3.8) is 0 Å². The van der Waals surface area contributed by atoms with Gasteiger partial charge in [-0.15, -0.1) is 0 Å². The number of benzene rings is 2. The lowest BCUT2D eigenvalue weighted by molar-refractivity contribution is -0.274. The number of hydrogen-bond acceptors (Lipinski definition) is 12. The molecular formula is C55H69N7O6S. The van der Waals surface area contributed by atoms with Gasteiger partial charge >= 0.3 is 12.1 Å². The molecule has 3 aromatic heterocycles. The second kappa shape index (κ2) is 17.4. The fraction of sp³-hybridized carbons (Fsp3) is 0.527. The van der Waals surface area contributed by atoms with Crippen LogP contribution in [0.5, 0.6) is 0 Å². The highest BCUT2D eigenvalue weighted by Crippen LogP contribution is 2.71. The lowest BCUT2D eigenvalue weighted by Crippen LogP contribution is -2.73. The molecule has 2 amide bonds. The molecular weight excluding hydrogens is 887 g/mol. The number of pyridine rings is 2. The third kappa shape index (κ3) is 9.36. The van der Waals surface area contributed by atoms with Crippen LogP contribution < -0.4 is 5.32 Å². The average molecular weight is 956 g/mol. The van der Waals surface area contributed by atoms with E-state index in [9.17, 15) is 14.4 Å². The molecule has 0 radical (unpaired) electrons.